The third kappa shape index (κ3) is 3.91. The normalized spacial score (nSPS) is 12.4. The second-order valence-corrected chi connectivity index (χ2v) is 10.1. The SMILES string of the molecule is CCCCC=C[PH](c1ccccc1)(c1ccccc1)c1ccccc1. The van der Waals surface area contributed by atoms with Gasteiger partial charge in [-0.15, -0.1) is 0 Å². The van der Waals surface area contributed by atoms with E-state index < -0.39 is 7.26 Å². The number of hydrogen-bond donors (Lipinski definition) is 0. The van der Waals surface area contributed by atoms with E-state index in [1.165, 1.54) is 28.8 Å². The van der Waals surface area contributed by atoms with Crippen LogP contribution in [0.1, 0.15) is 26.2 Å². The zero-order chi connectivity index (χ0) is 17.4. The Bertz CT molecular complexity index is 679. The predicted octanol–water partition coefficient (Wildman–Crippen LogP) is 5.42. The van der Waals surface area contributed by atoms with E-state index in [4.69, 9.17) is 0 Å². The van der Waals surface area contributed by atoms with Gasteiger partial charge >= 0.3 is 152 Å². The molecule has 1 heteroatoms. The summed E-state index contributed by atoms with van der Waals surface area (Å²) in [5, 5.41) is 4.33. The van der Waals surface area contributed by atoms with Gasteiger partial charge in [-0.2, -0.15) is 0 Å². The quantitative estimate of drug-likeness (QED) is 0.396. The van der Waals surface area contributed by atoms with E-state index in [1.54, 1.807) is 0 Å². The van der Waals surface area contributed by atoms with Gasteiger partial charge < -0.3 is 0 Å². The molecule has 0 saturated heterocycles. The van der Waals surface area contributed by atoms with Gasteiger partial charge in [0.1, 0.15) is 0 Å². The summed E-state index contributed by atoms with van der Waals surface area (Å²) in [6, 6.07) is 33.2. The van der Waals surface area contributed by atoms with Crippen LogP contribution >= 0.6 is 7.26 Å². The molecule has 0 amide bonds. The van der Waals surface area contributed by atoms with Gasteiger partial charge in [-0.25, -0.2) is 0 Å². The van der Waals surface area contributed by atoms with Gasteiger partial charge in [0.25, 0.3) is 0 Å². The van der Waals surface area contributed by atoms with E-state index in [-0.39, 0.29) is 0 Å². The van der Waals surface area contributed by atoms with Gasteiger partial charge in [-0.3, -0.25) is 0 Å². The Morgan fingerprint density at radius 3 is 1.40 bits per heavy atom. The average molecular weight is 346 g/mol. The van der Waals surface area contributed by atoms with Crippen LogP contribution in [0.25, 0.3) is 0 Å². The van der Waals surface area contributed by atoms with Crippen LogP contribution in [0.15, 0.2) is 103 Å². The van der Waals surface area contributed by atoms with Crippen molar-refractivity contribution in [2.45, 2.75) is 26.2 Å². The molecule has 0 aromatic heterocycles. The maximum atomic E-state index is 2.54. The molecule has 0 bridgehead atoms. The molecule has 0 spiro atoms. The standard InChI is InChI=1S/C24H27P/c1-2-3-4-14-21-25(22-15-8-5-9-16-22,23-17-10-6-11-18-23)24-19-12-7-13-20-24/h5-21,25H,2-4H2,1H3. The molecule has 0 heterocycles. The predicted molar refractivity (Wildman–Crippen MR) is 115 cm³/mol. The minimum absolute atomic E-state index is 1.15. The van der Waals surface area contributed by atoms with Gasteiger partial charge in [-0.05, 0) is 0 Å². The van der Waals surface area contributed by atoms with Crippen molar-refractivity contribution in [1.29, 1.82) is 0 Å². The fourth-order valence-electron chi connectivity index (χ4n) is 3.47. The second kappa shape index (κ2) is 8.79. The van der Waals surface area contributed by atoms with Gasteiger partial charge in [-0.1, -0.05) is 0 Å². The zero-order valence-electron chi connectivity index (χ0n) is 14.9. The molecule has 0 N–H and O–H groups in total. The zero-order valence-corrected chi connectivity index (χ0v) is 15.9. The average Bonchev–Trinajstić information content (AvgIpc) is 2.70. The first kappa shape index (κ1) is 17.6. The summed E-state index contributed by atoms with van der Waals surface area (Å²) in [5.74, 6) is 2.54. The third-order valence-corrected chi connectivity index (χ3v) is 9.25. The molecule has 0 aliphatic heterocycles. The molecule has 0 unspecified atom stereocenters. The number of allylic oxidation sites excluding steroid dienone is 1. The Hall–Kier alpha value is -2.17. The minimum atomic E-state index is -2.15. The van der Waals surface area contributed by atoms with Crippen LogP contribution in [0.5, 0.6) is 0 Å². The van der Waals surface area contributed by atoms with E-state index in [9.17, 15) is 0 Å². The first-order chi connectivity index (χ1) is 12.4. The van der Waals surface area contributed by atoms with Gasteiger partial charge in [0.05, 0.1) is 0 Å². The molecule has 0 aliphatic carbocycles. The van der Waals surface area contributed by atoms with Crippen LogP contribution in [0, 0.1) is 0 Å². The number of benzene rings is 3. The van der Waals surface area contributed by atoms with Crippen LogP contribution < -0.4 is 15.9 Å². The molecule has 3 aromatic carbocycles. The van der Waals surface area contributed by atoms with Crippen molar-refractivity contribution in [3.63, 3.8) is 0 Å². The van der Waals surface area contributed by atoms with Gasteiger partial charge in [0, 0.05) is 0 Å². The van der Waals surface area contributed by atoms with Crippen LogP contribution in [0.3, 0.4) is 0 Å². The fraction of sp³-hybridized carbons (Fsp3) is 0.167. The summed E-state index contributed by atoms with van der Waals surface area (Å²) in [4.78, 5) is 0. The fourth-order valence-corrected chi connectivity index (χ4v) is 7.73. The van der Waals surface area contributed by atoms with Crippen molar-refractivity contribution < 1.29 is 0 Å². The molecule has 3 aromatic rings. The number of rotatable bonds is 7. The monoisotopic (exact) mass is 346 g/mol. The van der Waals surface area contributed by atoms with Crippen molar-refractivity contribution in [3.8, 4) is 0 Å². The molecule has 3 rings (SSSR count). The van der Waals surface area contributed by atoms with Gasteiger partial charge in [0.2, 0.25) is 0 Å². The van der Waals surface area contributed by atoms with Crippen molar-refractivity contribution >= 4 is 23.2 Å². The summed E-state index contributed by atoms with van der Waals surface area (Å²) in [7, 11) is -2.15. The molecule has 128 valence electrons. The van der Waals surface area contributed by atoms with E-state index >= 15 is 0 Å². The Kier molecular flexibility index (Phi) is 6.20. The van der Waals surface area contributed by atoms with Crippen LogP contribution in [-0.2, 0) is 0 Å². The van der Waals surface area contributed by atoms with E-state index in [2.05, 4.69) is 110 Å². The van der Waals surface area contributed by atoms with Gasteiger partial charge in [0.15, 0.2) is 0 Å². The summed E-state index contributed by atoms with van der Waals surface area (Å²) in [5.41, 5.74) is 0. The van der Waals surface area contributed by atoms with E-state index in [1.807, 2.05) is 0 Å². The first-order valence-corrected chi connectivity index (χ1v) is 11.3. The van der Waals surface area contributed by atoms with E-state index in [0.29, 0.717) is 0 Å². The Balaban J connectivity index is 2.22. The molecular formula is C24H27P. The van der Waals surface area contributed by atoms with Crippen molar-refractivity contribution in [2.24, 2.45) is 0 Å². The van der Waals surface area contributed by atoms with Crippen LogP contribution in [-0.4, -0.2) is 0 Å². The first-order valence-electron chi connectivity index (χ1n) is 9.22. The summed E-state index contributed by atoms with van der Waals surface area (Å²) < 4.78 is 0. The number of unbranched alkanes of at least 4 members (excludes halogenated alkanes) is 2. The van der Waals surface area contributed by atoms with Crippen molar-refractivity contribution in [3.05, 3.63) is 103 Å². The van der Waals surface area contributed by atoms with E-state index in [0.717, 1.165) is 6.42 Å². The summed E-state index contributed by atoms with van der Waals surface area (Å²) in [6.45, 7) is 2.25. The molecule has 0 fully saturated rings. The molecule has 0 atom stereocenters. The molecule has 0 radical (unpaired) electrons. The third-order valence-electron chi connectivity index (χ3n) is 4.78. The number of hydrogen-bond acceptors (Lipinski definition) is 0. The topological polar surface area (TPSA) is 0 Å². The second-order valence-electron chi connectivity index (χ2n) is 6.45. The van der Waals surface area contributed by atoms with Crippen LogP contribution in [0.2, 0.25) is 0 Å². The van der Waals surface area contributed by atoms with Crippen molar-refractivity contribution in [1.82, 2.24) is 0 Å². The Morgan fingerprint density at radius 2 is 1.04 bits per heavy atom. The maximum absolute atomic E-state index is 2.54. The molecular weight excluding hydrogens is 319 g/mol. The molecule has 25 heavy (non-hydrogen) atoms. The molecule has 0 aliphatic rings. The van der Waals surface area contributed by atoms with Crippen molar-refractivity contribution in [2.75, 3.05) is 0 Å². The summed E-state index contributed by atoms with van der Waals surface area (Å²) >= 11 is 0. The Morgan fingerprint density at radius 1 is 0.640 bits per heavy atom. The molecule has 0 saturated carbocycles. The summed E-state index contributed by atoms with van der Waals surface area (Å²) in [6.07, 6.45) is 6.06. The molecule has 0 nitrogen and oxygen atoms in total. The Labute approximate surface area is 152 Å². The van der Waals surface area contributed by atoms with Crippen LogP contribution in [0.4, 0.5) is 0 Å².